The lowest BCUT2D eigenvalue weighted by Crippen LogP contribution is -2.21. The molecule has 23 heavy (non-hydrogen) atoms. The smallest absolute Gasteiger partial charge is 0.226 e. The van der Waals surface area contributed by atoms with Crippen LogP contribution < -0.4 is 0 Å². The molecule has 1 aromatic heterocycles. The fraction of sp³-hybridized carbons (Fsp3) is 0.529. The maximum atomic E-state index is 12.8. The molecular weight excluding hydrogens is 312 g/mol. The summed E-state index contributed by atoms with van der Waals surface area (Å²) in [5.41, 5.74) is 2.08. The second kappa shape index (κ2) is 6.83. The Bertz CT molecular complexity index is 768. The standard InChI is InChI=1S/C17H22N2O3S/c1-2-3-11-17-18-16(19-22-17)12-23(20,21)15-10-6-8-13-7-4-5-9-14(13)15/h4-5,7,9,15H,2-3,6,8,10-12H2,1H3. The van der Waals surface area contributed by atoms with Gasteiger partial charge in [0.25, 0.3) is 0 Å². The average molecular weight is 334 g/mol. The van der Waals surface area contributed by atoms with Gasteiger partial charge in [-0.1, -0.05) is 42.8 Å². The van der Waals surface area contributed by atoms with E-state index < -0.39 is 15.1 Å². The number of aromatic nitrogens is 2. The Morgan fingerprint density at radius 3 is 2.96 bits per heavy atom. The Balaban J connectivity index is 1.79. The third-order valence-electron chi connectivity index (χ3n) is 4.33. The lowest BCUT2D eigenvalue weighted by Gasteiger charge is -2.24. The Kier molecular flexibility index (Phi) is 4.80. The molecule has 3 rings (SSSR count). The van der Waals surface area contributed by atoms with Crippen LogP contribution in [0.1, 0.15) is 60.7 Å². The van der Waals surface area contributed by atoms with E-state index in [0.29, 0.717) is 18.7 Å². The van der Waals surface area contributed by atoms with E-state index in [1.807, 2.05) is 24.3 Å². The summed E-state index contributed by atoms with van der Waals surface area (Å²) in [4.78, 5) is 4.23. The van der Waals surface area contributed by atoms with Crippen LogP contribution in [0, 0.1) is 0 Å². The lowest BCUT2D eigenvalue weighted by molar-refractivity contribution is 0.371. The summed E-state index contributed by atoms with van der Waals surface area (Å²) in [7, 11) is -3.34. The average Bonchev–Trinajstić information content (AvgIpc) is 2.99. The van der Waals surface area contributed by atoms with E-state index >= 15 is 0 Å². The summed E-state index contributed by atoms with van der Waals surface area (Å²) >= 11 is 0. The first-order valence-electron chi connectivity index (χ1n) is 8.21. The Labute approximate surface area is 137 Å². The Hall–Kier alpha value is -1.69. The van der Waals surface area contributed by atoms with Gasteiger partial charge in [0.15, 0.2) is 15.7 Å². The second-order valence-electron chi connectivity index (χ2n) is 6.09. The van der Waals surface area contributed by atoms with E-state index in [-0.39, 0.29) is 11.6 Å². The van der Waals surface area contributed by atoms with Gasteiger partial charge in [0.1, 0.15) is 5.75 Å². The van der Waals surface area contributed by atoms with Crippen molar-refractivity contribution in [2.75, 3.05) is 0 Å². The molecule has 0 amide bonds. The zero-order valence-electron chi connectivity index (χ0n) is 13.4. The summed E-state index contributed by atoms with van der Waals surface area (Å²) in [6.45, 7) is 2.09. The van der Waals surface area contributed by atoms with Gasteiger partial charge in [0.2, 0.25) is 5.89 Å². The first-order chi connectivity index (χ1) is 11.1. The monoisotopic (exact) mass is 334 g/mol. The van der Waals surface area contributed by atoms with Crippen LogP contribution in [0.15, 0.2) is 28.8 Å². The molecule has 1 heterocycles. The van der Waals surface area contributed by atoms with Gasteiger partial charge < -0.3 is 4.52 Å². The molecule has 1 aliphatic rings. The fourth-order valence-corrected chi connectivity index (χ4v) is 4.96. The van der Waals surface area contributed by atoms with E-state index in [2.05, 4.69) is 17.1 Å². The zero-order valence-corrected chi connectivity index (χ0v) is 14.2. The van der Waals surface area contributed by atoms with Crippen LogP contribution in [0.25, 0.3) is 0 Å². The quantitative estimate of drug-likeness (QED) is 0.809. The minimum Gasteiger partial charge on any atom is -0.339 e. The molecule has 0 saturated heterocycles. The number of hydrogen-bond donors (Lipinski definition) is 0. The van der Waals surface area contributed by atoms with Crippen LogP contribution >= 0.6 is 0 Å². The number of aryl methyl sites for hydroxylation is 2. The fourth-order valence-electron chi connectivity index (χ4n) is 3.14. The van der Waals surface area contributed by atoms with E-state index in [9.17, 15) is 8.42 Å². The highest BCUT2D eigenvalue weighted by Gasteiger charge is 2.32. The maximum absolute atomic E-state index is 12.8. The molecule has 124 valence electrons. The molecule has 5 nitrogen and oxygen atoms in total. The first-order valence-corrected chi connectivity index (χ1v) is 9.92. The van der Waals surface area contributed by atoms with Gasteiger partial charge in [-0.3, -0.25) is 0 Å². The van der Waals surface area contributed by atoms with E-state index in [4.69, 9.17) is 4.52 Å². The molecule has 1 unspecified atom stereocenters. The number of hydrogen-bond acceptors (Lipinski definition) is 5. The summed E-state index contributed by atoms with van der Waals surface area (Å²) < 4.78 is 30.8. The molecule has 1 aliphatic carbocycles. The van der Waals surface area contributed by atoms with Crippen molar-refractivity contribution in [1.29, 1.82) is 0 Å². The van der Waals surface area contributed by atoms with Crippen molar-refractivity contribution in [3.05, 3.63) is 47.1 Å². The molecule has 0 bridgehead atoms. The highest BCUT2D eigenvalue weighted by atomic mass is 32.2. The molecule has 6 heteroatoms. The highest BCUT2D eigenvalue weighted by Crippen LogP contribution is 2.36. The van der Waals surface area contributed by atoms with Crippen LogP contribution in [0.2, 0.25) is 0 Å². The number of sulfone groups is 1. The molecule has 1 atom stereocenters. The number of unbranched alkanes of at least 4 members (excludes halogenated alkanes) is 1. The second-order valence-corrected chi connectivity index (χ2v) is 8.28. The molecule has 0 fully saturated rings. The summed E-state index contributed by atoms with van der Waals surface area (Å²) in [6.07, 6.45) is 5.22. The van der Waals surface area contributed by atoms with Crippen LogP contribution in [-0.4, -0.2) is 18.6 Å². The molecule has 0 N–H and O–H groups in total. The summed E-state index contributed by atoms with van der Waals surface area (Å²) in [5.74, 6) is 0.655. The van der Waals surface area contributed by atoms with Crippen molar-refractivity contribution in [2.45, 2.75) is 56.5 Å². The third kappa shape index (κ3) is 3.63. The minimum atomic E-state index is -3.34. The van der Waals surface area contributed by atoms with Crippen LogP contribution in [0.3, 0.4) is 0 Å². The lowest BCUT2D eigenvalue weighted by atomic mass is 9.91. The van der Waals surface area contributed by atoms with Crippen molar-refractivity contribution in [1.82, 2.24) is 10.1 Å². The summed E-state index contributed by atoms with van der Waals surface area (Å²) in [5, 5.41) is 3.39. The van der Waals surface area contributed by atoms with Crippen LogP contribution in [0.5, 0.6) is 0 Å². The number of rotatable bonds is 6. The van der Waals surface area contributed by atoms with Gasteiger partial charge in [0, 0.05) is 6.42 Å². The van der Waals surface area contributed by atoms with E-state index in [1.165, 1.54) is 0 Å². The Morgan fingerprint density at radius 2 is 2.13 bits per heavy atom. The van der Waals surface area contributed by atoms with E-state index in [1.54, 1.807) is 0 Å². The Morgan fingerprint density at radius 1 is 1.30 bits per heavy atom. The number of nitrogens with zero attached hydrogens (tertiary/aromatic N) is 2. The van der Waals surface area contributed by atoms with Crippen molar-refractivity contribution < 1.29 is 12.9 Å². The normalized spacial score (nSPS) is 17.9. The zero-order chi connectivity index (χ0) is 16.3. The number of benzene rings is 1. The molecule has 2 aromatic rings. The van der Waals surface area contributed by atoms with Crippen molar-refractivity contribution in [2.24, 2.45) is 0 Å². The van der Waals surface area contributed by atoms with Gasteiger partial charge >= 0.3 is 0 Å². The molecule has 0 radical (unpaired) electrons. The first kappa shape index (κ1) is 16.2. The SMILES string of the molecule is CCCCc1nc(CS(=O)(=O)C2CCCc3ccccc32)no1. The predicted molar refractivity (Wildman–Crippen MR) is 87.7 cm³/mol. The van der Waals surface area contributed by atoms with Crippen molar-refractivity contribution in [3.63, 3.8) is 0 Å². The van der Waals surface area contributed by atoms with E-state index in [0.717, 1.165) is 36.8 Å². The molecule has 0 saturated carbocycles. The predicted octanol–water partition coefficient (Wildman–Crippen LogP) is 3.40. The van der Waals surface area contributed by atoms with Crippen LogP contribution in [0.4, 0.5) is 0 Å². The topological polar surface area (TPSA) is 73.1 Å². The van der Waals surface area contributed by atoms with Gasteiger partial charge in [-0.25, -0.2) is 8.42 Å². The molecule has 0 spiro atoms. The van der Waals surface area contributed by atoms with Crippen LogP contribution in [-0.2, 0) is 28.4 Å². The van der Waals surface area contributed by atoms with Gasteiger partial charge in [-0.2, -0.15) is 4.98 Å². The largest absolute Gasteiger partial charge is 0.339 e. The minimum absolute atomic E-state index is 0.151. The molecule has 1 aromatic carbocycles. The highest BCUT2D eigenvalue weighted by molar-refractivity contribution is 7.90. The van der Waals surface area contributed by atoms with Gasteiger partial charge in [-0.15, -0.1) is 0 Å². The third-order valence-corrected chi connectivity index (χ3v) is 6.35. The summed E-state index contributed by atoms with van der Waals surface area (Å²) in [6, 6.07) is 7.82. The molecular formula is C17H22N2O3S. The maximum Gasteiger partial charge on any atom is 0.226 e. The van der Waals surface area contributed by atoms with Gasteiger partial charge in [0.05, 0.1) is 5.25 Å². The number of fused-ring (bicyclic) bond motifs is 1. The van der Waals surface area contributed by atoms with Gasteiger partial charge in [-0.05, 0) is 36.8 Å². The molecule has 0 aliphatic heterocycles. The van der Waals surface area contributed by atoms with Crippen molar-refractivity contribution in [3.8, 4) is 0 Å². The van der Waals surface area contributed by atoms with Crippen molar-refractivity contribution >= 4 is 9.84 Å².